The van der Waals surface area contributed by atoms with Crippen LogP contribution in [0.5, 0.6) is 0 Å². The van der Waals surface area contributed by atoms with Crippen LogP contribution in [0, 0.1) is 11.8 Å². The molecule has 4 heteroatoms. The lowest BCUT2D eigenvalue weighted by atomic mass is 10.0. The van der Waals surface area contributed by atoms with Gasteiger partial charge in [0.25, 0.3) is 5.91 Å². The quantitative estimate of drug-likeness (QED) is 0.872. The Bertz CT molecular complexity index is 647. The van der Waals surface area contributed by atoms with Crippen molar-refractivity contribution in [1.82, 2.24) is 10.2 Å². The molecule has 3 N–H and O–H groups in total. The number of H-pyrrole nitrogens is 1. The lowest BCUT2D eigenvalue weighted by Crippen LogP contribution is -2.14. The molecule has 0 saturated heterocycles. The summed E-state index contributed by atoms with van der Waals surface area (Å²) in [6.07, 6.45) is 2.06. The molecule has 19 heavy (non-hydrogen) atoms. The summed E-state index contributed by atoms with van der Waals surface area (Å²) in [5.74, 6) is 1.49. The van der Waals surface area contributed by atoms with Crippen molar-refractivity contribution in [3.63, 3.8) is 0 Å². The monoisotopic (exact) mass is 253 g/mol. The van der Waals surface area contributed by atoms with E-state index < -0.39 is 5.91 Å². The number of hydrogen-bond acceptors (Lipinski definition) is 2. The molecule has 1 amide bonds. The van der Waals surface area contributed by atoms with E-state index in [-0.39, 0.29) is 0 Å². The highest BCUT2D eigenvalue weighted by atomic mass is 16.1. The Kier molecular flexibility index (Phi) is 2.10. The summed E-state index contributed by atoms with van der Waals surface area (Å²) in [5.41, 5.74) is 9.37. The standard InChI is InChI=1S/C15H15N3O/c16-15(19)14-11-7-10-9(12(10)13(11)17-18-14)6-8-4-2-1-3-5-8/h1-5,9-10,12H,6-7H2,(H2,16,19)(H,17,18)/t9-,10-,12+/m0/s1. The third kappa shape index (κ3) is 1.52. The minimum Gasteiger partial charge on any atom is -0.364 e. The predicted molar refractivity (Wildman–Crippen MR) is 70.7 cm³/mol. The first kappa shape index (κ1) is 10.8. The first-order valence-corrected chi connectivity index (χ1v) is 6.66. The molecule has 1 fully saturated rings. The van der Waals surface area contributed by atoms with Gasteiger partial charge in [0.05, 0.1) is 0 Å². The van der Waals surface area contributed by atoms with Crippen LogP contribution in [0.2, 0.25) is 0 Å². The van der Waals surface area contributed by atoms with E-state index in [0.29, 0.717) is 23.4 Å². The molecule has 2 aliphatic rings. The van der Waals surface area contributed by atoms with Gasteiger partial charge in [-0.2, -0.15) is 5.10 Å². The number of nitrogens with two attached hydrogens (primary N) is 1. The minimum absolute atomic E-state index is 0.418. The van der Waals surface area contributed by atoms with Crippen molar-refractivity contribution in [2.24, 2.45) is 17.6 Å². The zero-order chi connectivity index (χ0) is 13.0. The van der Waals surface area contributed by atoms with Gasteiger partial charge in [-0.3, -0.25) is 9.89 Å². The van der Waals surface area contributed by atoms with Crippen molar-refractivity contribution in [1.29, 1.82) is 0 Å². The van der Waals surface area contributed by atoms with E-state index in [9.17, 15) is 4.79 Å². The lowest BCUT2D eigenvalue weighted by Gasteiger charge is -2.04. The van der Waals surface area contributed by atoms with Crippen LogP contribution in [0.4, 0.5) is 0 Å². The zero-order valence-corrected chi connectivity index (χ0v) is 10.5. The second-order valence-corrected chi connectivity index (χ2v) is 5.58. The van der Waals surface area contributed by atoms with Gasteiger partial charge in [0.1, 0.15) is 0 Å². The van der Waals surface area contributed by atoms with Crippen LogP contribution >= 0.6 is 0 Å². The maximum absolute atomic E-state index is 11.3. The summed E-state index contributed by atoms with van der Waals surface area (Å²) < 4.78 is 0. The zero-order valence-electron chi connectivity index (χ0n) is 10.5. The number of carbonyl (C=O) groups is 1. The molecule has 1 saturated carbocycles. The van der Waals surface area contributed by atoms with E-state index in [1.54, 1.807) is 0 Å². The van der Waals surface area contributed by atoms with Gasteiger partial charge in [0, 0.05) is 17.2 Å². The molecule has 0 radical (unpaired) electrons. The largest absolute Gasteiger partial charge is 0.364 e. The Balaban J connectivity index is 1.56. The number of amides is 1. The first-order valence-electron chi connectivity index (χ1n) is 6.66. The highest BCUT2D eigenvalue weighted by Gasteiger charge is 2.57. The van der Waals surface area contributed by atoms with Crippen LogP contribution in [0.25, 0.3) is 0 Å². The highest BCUT2D eigenvalue weighted by molar-refractivity contribution is 5.93. The lowest BCUT2D eigenvalue weighted by molar-refractivity contribution is 0.0994. The number of aromatic nitrogens is 2. The van der Waals surface area contributed by atoms with E-state index in [2.05, 4.69) is 34.5 Å². The molecular weight excluding hydrogens is 238 g/mol. The van der Waals surface area contributed by atoms with Crippen LogP contribution < -0.4 is 5.73 Å². The van der Waals surface area contributed by atoms with Crippen molar-refractivity contribution >= 4 is 5.91 Å². The molecule has 1 aromatic heterocycles. The summed E-state index contributed by atoms with van der Waals surface area (Å²) in [6, 6.07) is 10.6. The minimum atomic E-state index is -0.418. The molecule has 1 heterocycles. The topological polar surface area (TPSA) is 71.8 Å². The van der Waals surface area contributed by atoms with E-state index in [1.165, 1.54) is 5.56 Å². The molecule has 2 aromatic rings. The number of nitrogens with one attached hydrogen (secondary N) is 1. The molecule has 0 aliphatic heterocycles. The predicted octanol–water partition coefficient (Wildman–Crippen LogP) is 1.64. The smallest absolute Gasteiger partial charge is 0.269 e. The van der Waals surface area contributed by atoms with Gasteiger partial charge < -0.3 is 5.73 Å². The van der Waals surface area contributed by atoms with Gasteiger partial charge in [-0.15, -0.1) is 0 Å². The third-order valence-corrected chi connectivity index (χ3v) is 4.55. The maximum atomic E-state index is 11.3. The Morgan fingerprint density at radius 3 is 2.89 bits per heavy atom. The SMILES string of the molecule is NC(=O)c1n[nH]c2c1C[C@H]1[C@H](Cc3ccccc3)[C@@H]21. The summed E-state index contributed by atoms with van der Waals surface area (Å²) in [6.45, 7) is 0. The molecule has 96 valence electrons. The van der Waals surface area contributed by atoms with Gasteiger partial charge in [0.2, 0.25) is 0 Å². The molecule has 2 aliphatic carbocycles. The van der Waals surface area contributed by atoms with Crippen molar-refractivity contribution < 1.29 is 4.79 Å². The number of primary amides is 1. The molecule has 0 spiro atoms. The molecular formula is C15H15N3O. The molecule has 3 atom stereocenters. The second kappa shape index (κ2) is 3.70. The number of rotatable bonds is 3. The van der Waals surface area contributed by atoms with Gasteiger partial charge in [-0.05, 0) is 30.2 Å². The summed E-state index contributed by atoms with van der Waals surface area (Å²) >= 11 is 0. The van der Waals surface area contributed by atoms with E-state index >= 15 is 0 Å². The fourth-order valence-electron chi connectivity index (χ4n) is 3.62. The fraction of sp³-hybridized carbons (Fsp3) is 0.333. The second-order valence-electron chi connectivity index (χ2n) is 5.58. The average molecular weight is 253 g/mol. The molecule has 1 aromatic carbocycles. The Hall–Kier alpha value is -2.10. The van der Waals surface area contributed by atoms with Crippen molar-refractivity contribution in [3.05, 3.63) is 52.8 Å². The molecule has 0 bridgehead atoms. The van der Waals surface area contributed by atoms with Gasteiger partial charge in [-0.1, -0.05) is 30.3 Å². The summed E-state index contributed by atoms with van der Waals surface area (Å²) in [4.78, 5) is 11.3. The number of carbonyl (C=O) groups excluding carboxylic acids is 1. The molecule has 0 unspecified atom stereocenters. The van der Waals surface area contributed by atoms with Crippen molar-refractivity contribution in [2.75, 3.05) is 0 Å². The van der Waals surface area contributed by atoms with Crippen LogP contribution in [-0.4, -0.2) is 16.1 Å². The summed E-state index contributed by atoms with van der Waals surface area (Å²) in [7, 11) is 0. The van der Waals surface area contributed by atoms with Crippen molar-refractivity contribution in [3.8, 4) is 0 Å². The van der Waals surface area contributed by atoms with Gasteiger partial charge in [0.15, 0.2) is 5.69 Å². The third-order valence-electron chi connectivity index (χ3n) is 4.55. The van der Waals surface area contributed by atoms with Crippen LogP contribution in [0.15, 0.2) is 30.3 Å². The van der Waals surface area contributed by atoms with Gasteiger partial charge in [-0.25, -0.2) is 0 Å². The van der Waals surface area contributed by atoms with Crippen LogP contribution in [-0.2, 0) is 12.8 Å². The van der Waals surface area contributed by atoms with E-state index in [1.807, 2.05) is 6.07 Å². The number of fused-ring (bicyclic) bond motifs is 3. The number of aromatic amines is 1. The van der Waals surface area contributed by atoms with Gasteiger partial charge >= 0.3 is 0 Å². The Morgan fingerprint density at radius 2 is 2.16 bits per heavy atom. The maximum Gasteiger partial charge on any atom is 0.269 e. The van der Waals surface area contributed by atoms with E-state index in [4.69, 9.17) is 5.73 Å². The highest BCUT2D eigenvalue weighted by Crippen LogP contribution is 2.62. The number of hydrogen-bond donors (Lipinski definition) is 2. The normalized spacial score (nSPS) is 26.8. The fourth-order valence-corrected chi connectivity index (χ4v) is 3.62. The molecule has 4 rings (SSSR count). The Morgan fingerprint density at radius 1 is 1.37 bits per heavy atom. The van der Waals surface area contributed by atoms with E-state index in [0.717, 1.165) is 24.1 Å². The average Bonchev–Trinajstić information content (AvgIpc) is 2.75. The van der Waals surface area contributed by atoms with Crippen LogP contribution in [0.1, 0.15) is 33.2 Å². The Labute approximate surface area is 111 Å². The molecule has 4 nitrogen and oxygen atoms in total. The van der Waals surface area contributed by atoms with Crippen molar-refractivity contribution in [2.45, 2.75) is 18.8 Å². The number of benzene rings is 1. The van der Waals surface area contributed by atoms with Crippen LogP contribution in [0.3, 0.4) is 0 Å². The number of nitrogens with zero attached hydrogens (tertiary/aromatic N) is 1. The first-order chi connectivity index (χ1) is 9.25. The summed E-state index contributed by atoms with van der Waals surface area (Å²) in [5, 5.41) is 7.08.